The van der Waals surface area contributed by atoms with Crippen LogP contribution in [0.15, 0.2) is 0 Å². The molecule has 0 aromatic carbocycles. The highest BCUT2D eigenvalue weighted by molar-refractivity contribution is 7.95. The maximum atomic E-state index is 8.69. The summed E-state index contributed by atoms with van der Waals surface area (Å²) in [6, 6.07) is 0. The second kappa shape index (κ2) is 6.74. The fourth-order valence-corrected chi connectivity index (χ4v) is 0.952. The molecule has 0 spiro atoms. The van der Waals surface area contributed by atoms with E-state index in [1.54, 1.807) is 6.92 Å². The lowest BCUT2D eigenvalue weighted by atomic mass is 10.5. The van der Waals surface area contributed by atoms with E-state index in [2.05, 4.69) is 12.6 Å². The minimum Gasteiger partial charge on any atom is -0.391 e. The van der Waals surface area contributed by atoms with Gasteiger partial charge in [-0.15, -0.1) is 0 Å². The highest BCUT2D eigenvalue weighted by atomic mass is 32.2. The molecule has 0 amide bonds. The Morgan fingerprint density at radius 3 is 2.89 bits per heavy atom. The van der Waals surface area contributed by atoms with Crippen LogP contribution in [0.2, 0.25) is 0 Å². The van der Waals surface area contributed by atoms with Crippen LogP contribution in [0, 0.1) is 0 Å². The van der Waals surface area contributed by atoms with E-state index in [4.69, 9.17) is 9.29 Å². The Kier molecular flexibility index (Phi) is 7.20. The molecule has 0 bridgehead atoms. The van der Waals surface area contributed by atoms with E-state index in [0.717, 1.165) is 11.5 Å². The van der Waals surface area contributed by atoms with Crippen molar-refractivity contribution >= 4 is 24.7 Å². The maximum absolute atomic E-state index is 8.69. The smallest absolute Gasteiger partial charge is 0.0870 e. The van der Waals surface area contributed by atoms with E-state index in [0.29, 0.717) is 6.61 Å². The molecule has 4 heteroatoms. The van der Waals surface area contributed by atoms with Crippen molar-refractivity contribution in [1.82, 2.24) is 0 Å². The first-order valence-corrected chi connectivity index (χ1v) is 4.35. The summed E-state index contributed by atoms with van der Waals surface area (Å²) in [6.07, 6.45) is -0.364. The summed E-state index contributed by atoms with van der Waals surface area (Å²) in [5.41, 5.74) is 0. The molecular weight excluding hydrogens is 156 g/mol. The van der Waals surface area contributed by atoms with Crippen LogP contribution in [0.5, 0.6) is 0 Å². The molecule has 0 radical (unpaired) electrons. The number of thiol groups is 1. The molecule has 9 heavy (non-hydrogen) atoms. The second-order valence-corrected chi connectivity index (χ2v) is 3.01. The first-order valence-electron chi connectivity index (χ1n) is 2.80. The van der Waals surface area contributed by atoms with Gasteiger partial charge in [0.15, 0.2) is 0 Å². The van der Waals surface area contributed by atoms with E-state index >= 15 is 0 Å². The summed E-state index contributed by atoms with van der Waals surface area (Å²) in [5.74, 6) is 1.68. The van der Waals surface area contributed by atoms with Gasteiger partial charge >= 0.3 is 0 Å². The Morgan fingerprint density at radius 2 is 2.44 bits per heavy atom. The summed E-state index contributed by atoms with van der Waals surface area (Å²) in [4.78, 5) is 0. The van der Waals surface area contributed by atoms with Crippen molar-refractivity contribution in [2.24, 2.45) is 0 Å². The first kappa shape index (κ1) is 9.62. The molecule has 0 rings (SSSR count). The number of rotatable bonds is 5. The van der Waals surface area contributed by atoms with Gasteiger partial charge in [0.05, 0.1) is 12.7 Å². The van der Waals surface area contributed by atoms with Gasteiger partial charge in [0.2, 0.25) is 0 Å². The van der Waals surface area contributed by atoms with Crippen molar-refractivity contribution in [1.29, 1.82) is 0 Å². The van der Waals surface area contributed by atoms with Crippen LogP contribution in [0.4, 0.5) is 0 Å². The summed E-state index contributed by atoms with van der Waals surface area (Å²) < 4.78 is 4.95. The quantitative estimate of drug-likeness (QED) is 0.364. The van der Waals surface area contributed by atoms with Crippen LogP contribution in [-0.2, 0) is 4.18 Å². The molecule has 0 saturated heterocycles. The fourth-order valence-electron chi connectivity index (χ4n) is 0.243. The van der Waals surface area contributed by atoms with Crippen LogP contribution in [0.1, 0.15) is 6.92 Å². The van der Waals surface area contributed by atoms with Gasteiger partial charge in [-0.05, 0) is 19.0 Å². The van der Waals surface area contributed by atoms with Crippen LogP contribution in [0.3, 0.4) is 0 Å². The third kappa shape index (κ3) is 8.62. The van der Waals surface area contributed by atoms with Crippen LogP contribution >= 0.6 is 24.7 Å². The van der Waals surface area contributed by atoms with E-state index in [1.807, 2.05) is 0 Å². The lowest BCUT2D eigenvalue weighted by Crippen LogP contribution is -2.07. The topological polar surface area (TPSA) is 29.5 Å². The molecule has 0 fully saturated rings. The summed E-state index contributed by atoms with van der Waals surface area (Å²) in [7, 11) is 0. The predicted molar refractivity (Wildman–Crippen MR) is 43.9 cm³/mol. The zero-order valence-corrected chi connectivity index (χ0v) is 7.12. The minimum absolute atomic E-state index is 0.364. The maximum Gasteiger partial charge on any atom is 0.0870 e. The molecule has 0 aliphatic carbocycles. The second-order valence-electron chi connectivity index (χ2n) is 1.68. The van der Waals surface area contributed by atoms with Crippen molar-refractivity contribution < 1.29 is 9.29 Å². The zero-order valence-electron chi connectivity index (χ0n) is 5.41. The predicted octanol–water partition coefficient (Wildman–Crippen LogP) is 0.962. The summed E-state index contributed by atoms with van der Waals surface area (Å²) in [6.45, 7) is 2.10. The molecule has 0 aromatic rings. The molecule has 0 saturated carbocycles. The molecular formula is C5H12O2S2. The van der Waals surface area contributed by atoms with Gasteiger partial charge in [0.25, 0.3) is 0 Å². The Labute approximate surface area is 65.6 Å². The first-order chi connectivity index (χ1) is 4.27. The van der Waals surface area contributed by atoms with Gasteiger partial charge in [-0.3, -0.25) is 0 Å². The van der Waals surface area contributed by atoms with Gasteiger partial charge in [-0.1, -0.05) is 0 Å². The average molecular weight is 168 g/mol. The van der Waals surface area contributed by atoms with Crippen LogP contribution < -0.4 is 0 Å². The molecule has 2 nitrogen and oxygen atoms in total. The summed E-state index contributed by atoms with van der Waals surface area (Å²) in [5, 5.41) is 8.69. The minimum atomic E-state index is -0.364. The third-order valence-corrected chi connectivity index (χ3v) is 1.77. The monoisotopic (exact) mass is 168 g/mol. The van der Waals surface area contributed by atoms with Gasteiger partial charge in [-0.2, -0.15) is 12.6 Å². The highest BCUT2D eigenvalue weighted by Gasteiger charge is 1.93. The Bertz CT molecular complexity index is 58.9. The molecule has 1 atom stereocenters. The Balaban J connectivity index is 2.75. The number of hydrogen-bond acceptors (Lipinski definition) is 4. The number of hydrogen-bond donors (Lipinski definition) is 2. The zero-order chi connectivity index (χ0) is 7.11. The highest BCUT2D eigenvalue weighted by Crippen LogP contribution is 2.02. The van der Waals surface area contributed by atoms with E-state index in [-0.39, 0.29) is 6.10 Å². The average Bonchev–Trinajstić information content (AvgIpc) is 1.80. The third-order valence-electron chi connectivity index (χ3n) is 0.567. The summed E-state index contributed by atoms with van der Waals surface area (Å²) >= 11 is 5.33. The van der Waals surface area contributed by atoms with Crippen LogP contribution in [-0.4, -0.2) is 29.3 Å². The van der Waals surface area contributed by atoms with Crippen LogP contribution in [0.25, 0.3) is 0 Å². The van der Waals surface area contributed by atoms with Gasteiger partial charge in [0, 0.05) is 11.5 Å². The Morgan fingerprint density at radius 1 is 1.78 bits per heavy atom. The van der Waals surface area contributed by atoms with Gasteiger partial charge in [0.1, 0.15) is 0 Å². The number of aliphatic hydroxyl groups is 1. The molecule has 1 N–H and O–H groups in total. The fraction of sp³-hybridized carbons (Fsp3) is 1.00. The SMILES string of the molecule is CC(O)COSCCS. The van der Waals surface area contributed by atoms with Crippen molar-refractivity contribution in [3.8, 4) is 0 Å². The van der Waals surface area contributed by atoms with Crippen molar-refractivity contribution in [2.75, 3.05) is 18.1 Å². The van der Waals surface area contributed by atoms with Crippen molar-refractivity contribution in [2.45, 2.75) is 13.0 Å². The van der Waals surface area contributed by atoms with E-state index in [9.17, 15) is 0 Å². The van der Waals surface area contributed by atoms with Gasteiger partial charge < -0.3 is 9.29 Å². The molecule has 0 heterocycles. The largest absolute Gasteiger partial charge is 0.391 e. The van der Waals surface area contributed by atoms with Crippen molar-refractivity contribution in [3.05, 3.63) is 0 Å². The Hall–Kier alpha value is 0.620. The standard InChI is InChI=1S/C5H12O2S2/c1-5(6)4-7-9-3-2-8/h5-6,8H,2-4H2,1H3. The van der Waals surface area contributed by atoms with Crippen molar-refractivity contribution in [3.63, 3.8) is 0 Å². The molecule has 56 valence electrons. The van der Waals surface area contributed by atoms with E-state index < -0.39 is 0 Å². The molecule has 0 aliphatic heterocycles. The lowest BCUT2D eigenvalue weighted by Gasteiger charge is -2.02. The van der Waals surface area contributed by atoms with E-state index in [1.165, 1.54) is 12.0 Å². The molecule has 0 aliphatic rings. The number of aliphatic hydroxyl groups excluding tert-OH is 1. The normalized spacial score (nSPS) is 13.7. The van der Waals surface area contributed by atoms with Gasteiger partial charge in [-0.25, -0.2) is 0 Å². The molecule has 0 aromatic heterocycles. The lowest BCUT2D eigenvalue weighted by molar-refractivity contribution is 0.135. The molecule has 1 unspecified atom stereocenters.